The molecule has 1 aliphatic carbocycles. The Morgan fingerprint density at radius 3 is 2.70 bits per heavy atom. The maximum Gasteiger partial charge on any atom is 0.0114 e. The topological polar surface area (TPSA) is 29.3 Å². The van der Waals surface area contributed by atoms with Crippen molar-refractivity contribution in [1.29, 1.82) is 0 Å². The van der Waals surface area contributed by atoms with Gasteiger partial charge < -0.3 is 10.6 Å². The highest BCUT2D eigenvalue weighted by Crippen LogP contribution is 2.36. The van der Waals surface area contributed by atoms with Crippen LogP contribution in [0.3, 0.4) is 0 Å². The Morgan fingerprint density at radius 1 is 1.50 bits per heavy atom. The van der Waals surface area contributed by atoms with Crippen LogP contribution in [0.4, 0.5) is 0 Å². The summed E-state index contributed by atoms with van der Waals surface area (Å²) in [4.78, 5) is 2.56. The van der Waals surface area contributed by atoms with Gasteiger partial charge in [0.05, 0.1) is 0 Å². The Bertz CT molecular complexity index is 133. The van der Waals surface area contributed by atoms with Gasteiger partial charge in [-0.1, -0.05) is 6.92 Å². The summed E-state index contributed by atoms with van der Waals surface area (Å²) in [6, 6.07) is 1.36. The van der Waals surface area contributed by atoms with Gasteiger partial charge in [-0.2, -0.15) is 0 Å². The molecule has 1 aliphatic heterocycles. The first-order chi connectivity index (χ1) is 4.81. The lowest BCUT2D eigenvalue weighted by Gasteiger charge is -2.28. The van der Waals surface area contributed by atoms with Gasteiger partial charge in [0.25, 0.3) is 0 Å². The van der Waals surface area contributed by atoms with Gasteiger partial charge in [0.2, 0.25) is 0 Å². The highest BCUT2D eigenvalue weighted by molar-refractivity contribution is 4.98. The molecular weight excluding hydrogens is 124 g/mol. The Morgan fingerprint density at radius 2 is 2.30 bits per heavy atom. The predicted molar refractivity (Wildman–Crippen MR) is 41.7 cm³/mol. The van der Waals surface area contributed by atoms with Gasteiger partial charge in [0.1, 0.15) is 0 Å². The van der Waals surface area contributed by atoms with E-state index in [0.717, 1.165) is 12.0 Å². The average molecular weight is 140 g/mol. The van der Waals surface area contributed by atoms with Crippen molar-refractivity contribution in [3.05, 3.63) is 0 Å². The normalized spacial score (nSPS) is 46.8. The number of nitrogens with two attached hydrogens (primary N) is 1. The fourth-order valence-electron chi connectivity index (χ4n) is 2.47. The third-order valence-electron chi connectivity index (χ3n) is 3.12. The fraction of sp³-hybridized carbons (Fsp3) is 1.00. The molecule has 2 bridgehead atoms. The molecule has 0 aromatic rings. The average Bonchev–Trinajstić information content (AvgIpc) is 2.44. The SMILES string of the molecule is CCN1CC2C[C@@H]1C[C@@H]2N. The van der Waals surface area contributed by atoms with Gasteiger partial charge in [-0.25, -0.2) is 0 Å². The first kappa shape index (κ1) is 6.62. The molecule has 2 aliphatic rings. The Kier molecular flexibility index (Phi) is 1.46. The quantitative estimate of drug-likeness (QED) is 0.572. The van der Waals surface area contributed by atoms with Crippen molar-refractivity contribution in [2.24, 2.45) is 11.7 Å². The van der Waals surface area contributed by atoms with E-state index >= 15 is 0 Å². The fourth-order valence-corrected chi connectivity index (χ4v) is 2.47. The molecule has 58 valence electrons. The molecule has 2 nitrogen and oxygen atoms in total. The summed E-state index contributed by atoms with van der Waals surface area (Å²) in [5.41, 5.74) is 5.91. The lowest BCUT2D eigenvalue weighted by molar-refractivity contribution is 0.210. The van der Waals surface area contributed by atoms with E-state index < -0.39 is 0 Å². The van der Waals surface area contributed by atoms with Crippen LogP contribution in [-0.4, -0.2) is 30.1 Å². The van der Waals surface area contributed by atoms with E-state index in [-0.39, 0.29) is 0 Å². The number of hydrogen-bond donors (Lipinski definition) is 1. The van der Waals surface area contributed by atoms with E-state index in [0.29, 0.717) is 6.04 Å². The molecule has 10 heavy (non-hydrogen) atoms. The van der Waals surface area contributed by atoms with Crippen molar-refractivity contribution in [3.8, 4) is 0 Å². The molecule has 2 fully saturated rings. The van der Waals surface area contributed by atoms with Crippen molar-refractivity contribution in [3.63, 3.8) is 0 Å². The van der Waals surface area contributed by atoms with E-state index in [4.69, 9.17) is 5.73 Å². The maximum atomic E-state index is 5.91. The molecule has 0 aromatic carbocycles. The van der Waals surface area contributed by atoms with Crippen molar-refractivity contribution < 1.29 is 0 Å². The minimum atomic E-state index is 0.521. The van der Waals surface area contributed by atoms with Gasteiger partial charge in [-0.05, 0) is 25.3 Å². The smallest absolute Gasteiger partial charge is 0.0114 e. The highest BCUT2D eigenvalue weighted by atomic mass is 15.2. The molecule has 0 radical (unpaired) electrons. The summed E-state index contributed by atoms with van der Waals surface area (Å²) < 4.78 is 0. The maximum absolute atomic E-state index is 5.91. The molecule has 2 rings (SSSR count). The van der Waals surface area contributed by atoms with Gasteiger partial charge in [0, 0.05) is 18.6 Å². The number of rotatable bonds is 1. The molecule has 2 N–H and O–H groups in total. The minimum Gasteiger partial charge on any atom is -0.327 e. The second-order valence-electron chi connectivity index (χ2n) is 3.64. The van der Waals surface area contributed by atoms with Crippen LogP contribution < -0.4 is 5.73 Å². The number of nitrogens with zero attached hydrogens (tertiary/aromatic N) is 1. The Hall–Kier alpha value is -0.0800. The van der Waals surface area contributed by atoms with E-state index in [1.54, 1.807) is 0 Å². The molecule has 0 aromatic heterocycles. The molecule has 3 atom stereocenters. The summed E-state index contributed by atoms with van der Waals surface area (Å²) in [6.45, 7) is 4.72. The number of piperidine rings is 1. The standard InChI is InChI=1S/C8H16N2/c1-2-10-5-6-3-7(10)4-8(6)9/h6-8H,2-5,9H2,1H3/t6?,7-,8+/m1/s1. The van der Waals surface area contributed by atoms with Gasteiger partial charge in [-0.3, -0.25) is 0 Å². The minimum absolute atomic E-state index is 0.521. The first-order valence-corrected chi connectivity index (χ1v) is 4.31. The lowest BCUT2D eigenvalue weighted by Crippen LogP contribution is -2.40. The van der Waals surface area contributed by atoms with Gasteiger partial charge in [0.15, 0.2) is 0 Å². The molecule has 0 amide bonds. The second kappa shape index (κ2) is 2.21. The summed E-state index contributed by atoms with van der Waals surface area (Å²) in [6.07, 6.45) is 2.62. The Balaban J connectivity index is 2.02. The van der Waals surface area contributed by atoms with E-state index in [1.807, 2.05) is 0 Å². The zero-order valence-electron chi connectivity index (χ0n) is 6.59. The van der Waals surface area contributed by atoms with Crippen LogP contribution in [0.15, 0.2) is 0 Å². The zero-order valence-corrected chi connectivity index (χ0v) is 6.59. The number of fused-ring (bicyclic) bond motifs is 2. The molecule has 1 saturated heterocycles. The predicted octanol–water partition coefficient (Wildman–Crippen LogP) is 0.428. The summed E-state index contributed by atoms with van der Waals surface area (Å²) in [5, 5.41) is 0. The van der Waals surface area contributed by atoms with E-state index in [9.17, 15) is 0 Å². The van der Waals surface area contributed by atoms with E-state index in [2.05, 4.69) is 11.8 Å². The van der Waals surface area contributed by atoms with Crippen LogP contribution in [0.25, 0.3) is 0 Å². The molecule has 1 saturated carbocycles. The van der Waals surface area contributed by atoms with Crippen molar-refractivity contribution in [2.45, 2.75) is 31.8 Å². The van der Waals surface area contributed by atoms with Crippen LogP contribution in [0.5, 0.6) is 0 Å². The van der Waals surface area contributed by atoms with Crippen molar-refractivity contribution in [2.75, 3.05) is 13.1 Å². The third kappa shape index (κ3) is 0.789. The molecule has 2 heteroatoms. The van der Waals surface area contributed by atoms with Crippen LogP contribution in [-0.2, 0) is 0 Å². The summed E-state index contributed by atoms with van der Waals surface area (Å²) >= 11 is 0. The summed E-state index contributed by atoms with van der Waals surface area (Å²) in [5.74, 6) is 0.824. The first-order valence-electron chi connectivity index (χ1n) is 4.31. The van der Waals surface area contributed by atoms with Crippen LogP contribution in [0.2, 0.25) is 0 Å². The van der Waals surface area contributed by atoms with Crippen LogP contribution in [0, 0.1) is 5.92 Å². The highest BCUT2D eigenvalue weighted by Gasteiger charge is 2.41. The van der Waals surface area contributed by atoms with Crippen LogP contribution in [0.1, 0.15) is 19.8 Å². The molecule has 1 unspecified atom stereocenters. The Labute approximate surface area is 62.4 Å². The van der Waals surface area contributed by atoms with Gasteiger partial charge >= 0.3 is 0 Å². The van der Waals surface area contributed by atoms with Crippen molar-refractivity contribution in [1.82, 2.24) is 4.90 Å². The number of hydrogen-bond acceptors (Lipinski definition) is 2. The second-order valence-corrected chi connectivity index (χ2v) is 3.64. The largest absolute Gasteiger partial charge is 0.327 e. The molecular formula is C8H16N2. The monoisotopic (exact) mass is 140 g/mol. The van der Waals surface area contributed by atoms with Gasteiger partial charge in [-0.15, -0.1) is 0 Å². The number of likely N-dealkylation sites (tertiary alicyclic amines) is 1. The summed E-state index contributed by atoms with van der Waals surface area (Å²) in [7, 11) is 0. The van der Waals surface area contributed by atoms with Crippen molar-refractivity contribution >= 4 is 0 Å². The van der Waals surface area contributed by atoms with E-state index in [1.165, 1.54) is 25.9 Å². The molecule has 0 spiro atoms. The lowest BCUT2D eigenvalue weighted by atomic mass is 10.0. The third-order valence-corrected chi connectivity index (χ3v) is 3.12. The molecule has 1 heterocycles. The van der Waals surface area contributed by atoms with Crippen LogP contribution >= 0.6 is 0 Å². The zero-order chi connectivity index (χ0) is 7.14.